The van der Waals surface area contributed by atoms with Gasteiger partial charge in [-0.15, -0.1) is 0 Å². The zero-order valence-electron chi connectivity index (χ0n) is 32.1. The number of ether oxygens (including phenoxy) is 7. The molecule has 0 spiro atoms. The molecule has 0 rings (SSSR count). The number of halogens is 3. The summed E-state index contributed by atoms with van der Waals surface area (Å²) >= 11 is 0. The van der Waals surface area contributed by atoms with Crippen molar-refractivity contribution >= 4 is 39.8 Å². The molecule has 1 atom stereocenters. The Hall–Kier alpha value is -3.27. The first-order valence-electron chi connectivity index (χ1n) is 17.3. The number of carbonyl (C=O) groups excluding carboxylic acids is 5. The Kier molecular flexibility index (Phi) is 32.1. The highest BCUT2D eigenvalue weighted by Crippen LogP contribution is 2.11. The van der Waals surface area contributed by atoms with Crippen LogP contribution in [0.25, 0.3) is 0 Å². The average molecular weight is 846 g/mol. The maximum atomic E-state index is 12.0. The highest BCUT2D eigenvalue weighted by molar-refractivity contribution is 7.85. The van der Waals surface area contributed by atoms with Crippen molar-refractivity contribution < 1.29 is 92.9 Å². The van der Waals surface area contributed by atoms with Crippen LogP contribution in [0.15, 0.2) is 0 Å². The highest BCUT2D eigenvalue weighted by atomic mass is 32.2. The van der Waals surface area contributed by atoms with Crippen molar-refractivity contribution in [1.82, 2.24) is 16.0 Å². The van der Waals surface area contributed by atoms with E-state index < -0.39 is 34.1 Å². The van der Waals surface area contributed by atoms with Crippen LogP contribution in [0.3, 0.4) is 0 Å². The first kappa shape index (κ1) is 54.8. The molecular formula is C31H58F3N5O16S. The number of nitrogens with one attached hydrogen (secondary N) is 3. The molecule has 3 amide bonds. The van der Waals surface area contributed by atoms with Gasteiger partial charge in [0.1, 0.15) is 25.7 Å². The summed E-state index contributed by atoms with van der Waals surface area (Å²) in [4.78, 5) is 55.3. The summed E-state index contributed by atoms with van der Waals surface area (Å²) in [6, 6.07) is -0.829. The van der Waals surface area contributed by atoms with Gasteiger partial charge in [-0.05, 0) is 6.42 Å². The summed E-state index contributed by atoms with van der Waals surface area (Å²) in [5.74, 6) is -4.77. The van der Waals surface area contributed by atoms with E-state index in [9.17, 15) is 40.8 Å². The van der Waals surface area contributed by atoms with E-state index in [1.807, 2.05) is 14.1 Å². The Labute approximate surface area is 324 Å². The Morgan fingerprint density at radius 1 is 0.696 bits per heavy atom. The fourth-order valence-electron chi connectivity index (χ4n) is 3.66. The minimum Gasteiger partial charge on any atom is -0.542 e. The molecule has 0 radical (unpaired) electrons. The second kappa shape index (κ2) is 32.8. The molecular weight excluding hydrogens is 787 g/mol. The second-order valence-electron chi connectivity index (χ2n) is 12.1. The number of nitrogens with two attached hydrogens (primary N) is 1. The van der Waals surface area contributed by atoms with E-state index in [-0.39, 0.29) is 109 Å². The van der Waals surface area contributed by atoms with Gasteiger partial charge in [0.2, 0.25) is 17.7 Å². The topological polar surface area (TPSA) is 290 Å². The van der Waals surface area contributed by atoms with Crippen LogP contribution in [0.5, 0.6) is 0 Å². The Morgan fingerprint density at radius 3 is 1.59 bits per heavy atom. The summed E-state index contributed by atoms with van der Waals surface area (Å²) < 4.78 is 99.1. The summed E-state index contributed by atoms with van der Waals surface area (Å²) in [7, 11) is 1.25. The fraction of sp³-hybridized carbons (Fsp3) is 0.839. The molecule has 0 aliphatic rings. The Balaban J connectivity index is 0. The first-order valence-corrected chi connectivity index (χ1v) is 18.9. The number of nitrogens with zero attached hydrogens (tertiary/aromatic N) is 1. The number of alkyl halides is 3. The Morgan fingerprint density at radius 2 is 1.12 bits per heavy atom. The maximum absolute atomic E-state index is 12.0. The molecule has 0 aliphatic heterocycles. The lowest BCUT2D eigenvalue weighted by molar-refractivity contribution is -0.889. The molecule has 21 nitrogen and oxygen atoms in total. The van der Waals surface area contributed by atoms with Gasteiger partial charge in [-0.1, -0.05) is 0 Å². The lowest BCUT2D eigenvalue weighted by Gasteiger charge is -2.29. The maximum Gasteiger partial charge on any atom is 0.430 e. The number of amides is 3. The molecule has 6 N–H and O–H groups in total. The van der Waals surface area contributed by atoms with Gasteiger partial charge in [0.25, 0.3) is 10.1 Å². The number of carboxylic acid groups (broad SMARTS) is 1. The molecule has 0 aromatic carbocycles. The largest absolute Gasteiger partial charge is 0.542 e. The van der Waals surface area contributed by atoms with Crippen LogP contribution in [0.4, 0.5) is 13.2 Å². The number of rotatable bonds is 33. The van der Waals surface area contributed by atoms with Crippen LogP contribution in [0.2, 0.25) is 0 Å². The van der Waals surface area contributed by atoms with Crippen LogP contribution in [0, 0.1) is 0 Å². The summed E-state index contributed by atoms with van der Waals surface area (Å²) in [6.45, 7) is 5.29. The zero-order valence-corrected chi connectivity index (χ0v) is 32.9. The third kappa shape index (κ3) is 40.4. The van der Waals surface area contributed by atoms with E-state index in [4.69, 9.17) is 48.6 Å². The van der Waals surface area contributed by atoms with Crippen molar-refractivity contribution in [2.75, 3.05) is 139 Å². The van der Waals surface area contributed by atoms with Crippen LogP contribution < -0.4 is 26.8 Å². The van der Waals surface area contributed by atoms with Gasteiger partial charge in [0.15, 0.2) is 0 Å². The highest BCUT2D eigenvalue weighted by Gasteiger charge is 2.28. The summed E-state index contributed by atoms with van der Waals surface area (Å²) in [5.41, 5.74) is 5.54. The van der Waals surface area contributed by atoms with Crippen molar-refractivity contribution in [2.45, 2.75) is 31.5 Å². The number of esters is 1. The predicted octanol–water partition coefficient (Wildman–Crippen LogP) is -3.63. The lowest BCUT2D eigenvalue weighted by Crippen LogP contribution is -2.47. The van der Waals surface area contributed by atoms with E-state index in [2.05, 4.69) is 20.7 Å². The molecule has 0 aromatic rings. The average Bonchev–Trinajstić information content (AvgIpc) is 3.09. The van der Waals surface area contributed by atoms with Crippen LogP contribution in [-0.2, 0) is 67.2 Å². The molecule has 0 fully saturated rings. The minimum atomic E-state index is -5.19. The normalized spacial score (nSPS) is 12.2. The SMILES string of the molecule is COC(=O)CCOCCOCC[N+](C)(C)CCNC(=O)COCCOCCNC(=O)COCCOCCNC(=O)CCC(N)CS(=O)(=O)O.O=C([O-])C(F)(F)F. The molecule has 0 aromatic heterocycles. The first-order chi connectivity index (χ1) is 26.2. The number of carbonyl (C=O) groups is 5. The van der Waals surface area contributed by atoms with Crippen LogP contribution in [-0.4, -0.2) is 198 Å². The molecule has 330 valence electrons. The van der Waals surface area contributed by atoms with E-state index in [0.29, 0.717) is 44.0 Å². The lowest BCUT2D eigenvalue weighted by atomic mass is 10.2. The Bertz CT molecular complexity index is 1220. The summed E-state index contributed by atoms with van der Waals surface area (Å²) in [5, 5.41) is 16.9. The summed E-state index contributed by atoms with van der Waals surface area (Å²) in [6.07, 6.45) is -4.84. The number of aliphatic carboxylic acids is 1. The quantitative estimate of drug-likeness (QED) is 0.0184. The number of quaternary nitrogens is 1. The number of methoxy groups -OCH3 is 1. The van der Waals surface area contributed by atoms with Crippen LogP contribution in [0.1, 0.15) is 19.3 Å². The zero-order chi connectivity index (χ0) is 42.9. The molecule has 0 aliphatic carbocycles. The van der Waals surface area contributed by atoms with Gasteiger partial charge in [-0.3, -0.25) is 23.7 Å². The minimum absolute atomic E-state index is 0.0206. The van der Waals surface area contributed by atoms with Crippen molar-refractivity contribution in [3.05, 3.63) is 0 Å². The van der Waals surface area contributed by atoms with Crippen molar-refractivity contribution in [3.8, 4) is 0 Å². The fourth-order valence-corrected chi connectivity index (χ4v) is 4.36. The molecule has 1 unspecified atom stereocenters. The van der Waals surface area contributed by atoms with Gasteiger partial charge in [-0.25, -0.2) is 0 Å². The van der Waals surface area contributed by atoms with E-state index in [0.717, 1.165) is 6.54 Å². The standard InChI is InChI=1S/C29H57N5O14S.C2HF3O2/c1-34(2,11-15-46-17-16-43-12-6-29(38)42-3)10-7-31-27(36)22-47-20-19-45-14-9-33-28(37)23-48-21-18-44-13-8-32-26(35)5-4-25(30)24-49(39,40)41;3-2(4,5)1(6)7/h25H,4-24,30H2,1-3H3,(H3-,31,32,33,35,36,37,39,40,41);(H,6,7). The van der Waals surface area contributed by atoms with E-state index in [1.54, 1.807) is 0 Å². The van der Waals surface area contributed by atoms with Crippen molar-refractivity contribution in [2.24, 2.45) is 5.73 Å². The van der Waals surface area contributed by atoms with Gasteiger partial charge < -0.3 is 69.2 Å². The van der Waals surface area contributed by atoms with Crippen molar-refractivity contribution in [3.63, 3.8) is 0 Å². The molecule has 0 saturated carbocycles. The van der Waals surface area contributed by atoms with Crippen molar-refractivity contribution in [1.29, 1.82) is 0 Å². The molecule has 56 heavy (non-hydrogen) atoms. The smallest absolute Gasteiger partial charge is 0.430 e. The third-order valence-corrected chi connectivity index (χ3v) is 7.53. The van der Waals surface area contributed by atoms with E-state index >= 15 is 0 Å². The number of hydrogen-bond donors (Lipinski definition) is 5. The third-order valence-electron chi connectivity index (χ3n) is 6.68. The van der Waals surface area contributed by atoms with Gasteiger partial charge in [0.05, 0.1) is 113 Å². The van der Waals surface area contributed by atoms with Gasteiger partial charge in [-0.2, -0.15) is 21.6 Å². The number of carboxylic acids is 1. The molecule has 0 heterocycles. The number of hydrogen-bond acceptors (Lipinski definition) is 16. The molecule has 25 heteroatoms. The van der Waals surface area contributed by atoms with Gasteiger partial charge in [0, 0.05) is 25.6 Å². The van der Waals surface area contributed by atoms with Crippen LogP contribution >= 0.6 is 0 Å². The number of likely N-dealkylation sites (N-methyl/N-ethyl adjacent to an activating group) is 1. The molecule has 0 bridgehead atoms. The monoisotopic (exact) mass is 845 g/mol. The predicted molar refractivity (Wildman–Crippen MR) is 187 cm³/mol. The molecule has 0 saturated heterocycles. The second-order valence-corrected chi connectivity index (χ2v) is 13.6. The van der Waals surface area contributed by atoms with E-state index in [1.165, 1.54) is 7.11 Å². The van der Waals surface area contributed by atoms with Gasteiger partial charge >= 0.3 is 12.1 Å².